The van der Waals surface area contributed by atoms with Gasteiger partial charge in [0.1, 0.15) is 0 Å². The Morgan fingerprint density at radius 1 is 1.45 bits per heavy atom. The second kappa shape index (κ2) is 6.13. The summed E-state index contributed by atoms with van der Waals surface area (Å²) in [7, 11) is 1.37. The molecule has 1 aromatic rings. The molecule has 1 aliphatic carbocycles. The van der Waals surface area contributed by atoms with Gasteiger partial charge < -0.3 is 19.9 Å². The lowest BCUT2D eigenvalue weighted by Gasteiger charge is -2.09. The van der Waals surface area contributed by atoms with Gasteiger partial charge in [-0.2, -0.15) is 0 Å². The summed E-state index contributed by atoms with van der Waals surface area (Å²) in [5, 5.41) is 12.4. The van der Waals surface area contributed by atoms with Gasteiger partial charge in [-0.3, -0.25) is 4.79 Å². The van der Waals surface area contributed by atoms with E-state index >= 15 is 0 Å². The first-order valence-electron chi connectivity index (χ1n) is 6.04. The van der Waals surface area contributed by atoms with Crippen molar-refractivity contribution in [3.05, 3.63) is 22.2 Å². The third-order valence-corrected chi connectivity index (χ3v) is 3.37. The predicted octanol–water partition coefficient (Wildman–Crippen LogP) is 1.60. The molecule has 1 fully saturated rings. The Morgan fingerprint density at radius 3 is 2.75 bits per heavy atom. The minimum atomic E-state index is -0.657. The molecule has 0 aliphatic heterocycles. The van der Waals surface area contributed by atoms with Crippen LogP contribution in [-0.4, -0.2) is 36.7 Å². The monoisotopic (exact) mass is 343 g/mol. The van der Waals surface area contributed by atoms with E-state index in [1.807, 2.05) is 0 Å². The molecule has 108 valence electrons. The third-order valence-electron chi connectivity index (χ3n) is 2.76. The Kier molecular flexibility index (Phi) is 4.49. The number of methoxy groups -OCH3 is 1. The lowest BCUT2D eigenvalue weighted by atomic mass is 10.2. The van der Waals surface area contributed by atoms with Crippen LogP contribution in [0.5, 0.6) is 11.5 Å². The first-order chi connectivity index (χ1) is 9.51. The zero-order chi connectivity index (χ0) is 14.7. The molecule has 1 aliphatic rings. The van der Waals surface area contributed by atoms with Crippen LogP contribution in [0.3, 0.4) is 0 Å². The highest BCUT2D eigenvalue weighted by atomic mass is 79.9. The molecule has 0 spiro atoms. The van der Waals surface area contributed by atoms with E-state index in [9.17, 15) is 14.7 Å². The molecule has 0 radical (unpaired) electrons. The van der Waals surface area contributed by atoms with Gasteiger partial charge in [-0.25, -0.2) is 4.79 Å². The molecule has 0 saturated heterocycles. The van der Waals surface area contributed by atoms with Crippen molar-refractivity contribution >= 4 is 27.8 Å². The van der Waals surface area contributed by atoms with Crippen LogP contribution < -0.4 is 10.1 Å². The molecular weight excluding hydrogens is 330 g/mol. The van der Waals surface area contributed by atoms with Crippen LogP contribution >= 0.6 is 15.9 Å². The quantitative estimate of drug-likeness (QED) is 0.793. The summed E-state index contributed by atoms with van der Waals surface area (Å²) in [5.74, 6) is -0.926. The average Bonchev–Trinajstić information content (AvgIpc) is 3.22. The van der Waals surface area contributed by atoms with Gasteiger partial charge in [-0.15, -0.1) is 0 Å². The van der Waals surface area contributed by atoms with Gasteiger partial charge in [-0.1, -0.05) is 0 Å². The van der Waals surface area contributed by atoms with Crippen LogP contribution in [0.25, 0.3) is 0 Å². The number of carbonyl (C=O) groups excluding carboxylic acids is 2. The van der Waals surface area contributed by atoms with E-state index in [1.54, 1.807) is 0 Å². The molecule has 2 N–H and O–H groups in total. The Labute approximate surface area is 124 Å². The average molecular weight is 344 g/mol. The number of esters is 1. The number of aromatic hydroxyl groups is 1. The van der Waals surface area contributed by atoms with Crippen LogP contribution in [0.4, 0.5) is 0 Å². The highest BCUT2D eigenvalue weighted by Gasteiger charge is 2.24. The predicted molar refractivity (Wildman–Crippen MR) is 73.8 cm³/mol. The maximum Gasteiger partial charge on any atom is 0.338 e. The van der Waals surface area contributed by atoms with Gasteiger partial charge in [0.2, 0.25) is 0 Å². The summed E-state index contributed by atoms with van der Waals surface area (Å²) in [6.45, 7) is -0.323. The number of amides is 1. The van der Waals surface area contributed by atoms with Gasteiger partial charge in [0.15, 0.2) is 18.1 Å². The lowest BCUT2D eigenvalue weighted by Crippen LogP contribution is -2.30. The molecule has 0 atom stereocenters. The van der Waals surface area contributed by atoms with Crippen molar-refractivity contribution in [2.45, 2.75) is 18.9 Å². The number of hydrogen-bond acceptors (Lipinski definition) is 5. The van der Waals surface area contributed by atoms with Crippen LogP contribution in [-0.2, 0) is 9.53 Å². The zero-order valence-electron chi connectivity index (χ0n) is 10.8. The number of phenolic OH excluding ortho intramolecular Hbond substituents is 1. The van der Waals surface area contributed by atoms with Crippen molar-refractivity contribution in [3.8, 4) is 11.5 Å². The summed E-state index contributed by atoms with van der Waals surface area (Å²) in [6, 6.07) is 2.98. The molecule has 0 aromatic heterocycles. The van der Waals surface area contributed by atoms with E-state index in [0.717, 1.165) is 12.8 Å². The Hall–Kier alpha value is -1.76. The van der Waals surface area contributed by atoms with Gasteiger partial charge >= 0.3 is 5.97 Å². The number of rotatable bonds is 5. The minimum Gasteiger partial charge on any atom is -0.503 e. The molecule has 1 saturated carbocycles. The van der Waals surface area contributed by atoms with Crippen molar-refractivity contribution < 1.29 is 24.2 Å². The molecule has 1 aromatic carbocycles. The maximum atomic E-state index is 11.8. The van der Waals surface area contributed by atoms with E-state index in [4.69, 9.17) is 9.47 Å². The van der Waals surface area contributed by atoms with Gasteiger partial charge in [0.05, 0.1) is 17.1 Å². The second-order valence-corrected chi connectivity index (χ2v) is 5.28. The highest BCUT2D eigenvalue weighted by molar-refractivity contribution is 9.10. The normalized spacial score (nSPS) is 13.7. The van der Waals surface area contributed by atoms with E-state index in [-0.39, 0.29) is 35.6 Å². The second-order valence-electron chi connectivity index (χ2n) is 4.43. The number of carbonyl (C=O) groups is 2. The summed E-state index contributed by atoms with van der Waals surface area (Å²) in [5.41, 5.74) is 0.186. The third kappa shape index (κ3) is 3.63. The van der Waals surface area contributed by atoms with Crippen LogP contribution in [0.15, 0.2) is 16.6 Å². The molecule has 7 heteroatoms. The number of benzene rings is 1. The Balaban J connectivity index is 1.97. The number of hydrogen-bond donors (Lipinski definition) is 2. The first kappa shape index (κ1) is 14.6. The highest BCUT2D eigenvalue weighted by Crippen LogP contribution is 2.35. The van der Waals surface area contributed by atoms with E-state index in [0.29, 0.717) is 4.47 Å². The molecule has 0 unspecified atom stereocenters. The fourth-order valence-corrected chi connectivity index (χ4v) is 2.00. The minimum absolute atomic E-state index is 0.101. The van der Waals surface area contributed by atoms with Crippen molar-refractivity contribution in [2.24, 2.45) is 0 Å². The van der Waals surface area contributed by atoms with E-state index in [1.165, 1.54) is 19.2 Å². The van der Waals surface area contributed by atoms with Crippen molar-refractivity contribution in [2.75, 3.05) is 13.7 Å². The molecule has 2 rings (SSSR count). The molecule has 0 bridgehead atoms. The zero-order valence-corrected chi connectivity index (χ0v) is 12.4. The number of phenols is 1. The topological polar surface area (TPSA) is 84.9 Å². The standard InChI is InChI=1S/C13H14BrNO5/c1-19-10-5-7(4-9(14)12(10)17)13(18)20-6-11(16)15-8-2-3-8/h4-5,8,17H,2-3,6H2,1H3,(H,15,16). The van der Waals surface area contributed by atoms with E-state index in [2.05, 4.69) is 21.2 Å². The molecule has 20 heavy (non-hydrogen) atoms. The van der Waals surface area contributed by atoms with Crippen molar-refractivity contribution in [1.29, 1.82) is 0 Å². The Bertz CT molecular complexity index is 542. The largest absolute Gasteiger partial charge is 0.503 e. The summed E-state index contributed by atoms with van der Waals surface area (Å²) in [6.07, 6.45) is 1.95. The number of ether oxygens (including phenoxy) is 2. The summed E-state index contributed by atoms with van der Waals surface area (Å²) < 4.78 is 10.2. The Morgan fingerprint density at radius 2 is 2.15 bits per heavy atom. The summed E-state index contributed by atoms with van der Waals surface area (Å²) >= 11 is 3.11. The lowest BCUT2D eigenvalue weighted by molar-refractivity contribution is -0.124. The smallest absolute Gasteiger partial charge is 0.338 e. The molecule has 1 amide bonds. The van der Waals surface area contributed by atoms with E-state index < -0.39 is 5.97 Å². The van der Waals surface area contributed by atoms with Gasteiger partial charge in [0, 0.05) is 6.04 Å². The first-order valence-corrected chi connectivity index (χ1v) is 6.83. The number of nitrogens with one attached hydrogen (secondary N) is 1. The SMILES string of the molecule is COc1cc(C(=O)OCC(=O)NC2CC2)cc(Br)c1O. The molecule has 6 nitrogen and oxygen atoms in total. The van der Waals surface area contributed by atoms with Crippen LogP contribution in [0, 0.1) is 0 Å². The van der Waals surface area contributed by atoms with Gasteiger partial charge in [0.25, 0.3) is 5.91 Å². The van der Waals surface area contributed by atoms with Crippen molar-refractivity contribution in [1.82, 2.24) is 5.32 Å². The molecular formula is C13H14BrNO5. The number of halogens is 1. The fourth-order valence-electron chi connectivity index (χ4n) is 1.56. The van der Waals surface area contributed by atoms with Crippen LogP contribution in [0.1, 0.15) is 23.2 Å². The van der Waals surface area contributed by atoms with Gasteiger partial charge in [-0.05, 0) is 40.9 Å². The van der Waals surface area contributed by atoms with Crippen molar-refractivity contribution in [3.63, 3.8) is 0 Å². The summed E-state index contributed by atoms with van der Waals surface area (Å²) in [4.78, 5) is 23.2. The van der Waals surface area contributed by atoms with Crippen LogP contribution in [0.2, 0.25) is 0 Å². The fraction of sp³-hybridized carbons (Fsp3) is 0.385. The maximum absolute atomic E-state index is 11.8. The molecule has 0 heterocycles.